The second-order valence-corrected chi connectivity index (χ2v) is 4.01. The van der Waals surface area contributed by atoms with Crippen LogP contribution in [-0.2, 0) is 6.54 Å². The van der Waals surface area contributed by atoms with Crippen LogP contribution in [0.25, 0.3) is 0 Å². The van der Waals surface area contributed by atoms with Crippen LogP contribution in [0.4, 0.5) is 0 Å². The van der Waals surface area contributed by atoms with Crippen LogP contribution >= 0.6 is 0 Å². The summed E-state index contributed by atoms with van der Waals surface area (Å²) in [6, 6.07) is 9.57. The van der Waals surface area contributed by atoms with E-state index in [1.54, 1.807) is 13.8 Å². The van der Waals surface area contributed by atoms with E-state index < -0.39 is 6.10 Å². The summed E-state index contributed by atoms with van der Waals surface area (Å²) in [6.45, 7) is 4.73. The minimum absolute atomic E-state index is 0.339. The van der Waals surface area contributed by atoms with Crippen molar-refractivity contribution in [1.82, 2.24) is 5.32 Å². The number of hydrogen-bond acceptors (Lipinski definition) is 4. The summed E-state index contributed by atoms with van der Waals surface area (Å²) in [5, 5.41) is 20.8. The van der Waals surface area contributed by atoms with Crippen LogP contribution in [0, 0.1) is 11.3 Å². The van der Waals surface area contributed by atoms with Crippen molar-refractivity contribution < 1.29 is 9.84 Å². The van der Waals surface area contributed by atoms with Crippen molar-refractivity contribution in [2.24, 2.45) is 0 Å². The van der Waals surface area contributed by atoms with Gasteiger partial charge in [-0.3, -0.25) is 0 Å². The van der Waals surface area contributed by atoms with Gasteiger partial charge in [-0.25, -0.2) is 0 Å². The molecule has 4 nitrogen and oxygen atoms in total. The summed E-state index contributed by atoms with van der Waals surface area (Å²) in [7, 11) is 0. The standard InChI is InChI=1S/C13H18N2O2/c1-10(16)8-15-9-12-3-5-13(6-4-12)17-11(2)7-14/h3-6,10-11,15-16H,8-9H2,1-2H3. The minimum Gasteiger partial charge on any atom is -0.476 e. The highest BCUT2D eigenvalue weighted by Gasteiger charge is 2.01. The molecule has 0 saturated carbocycles. The Labute approximate surface area is 102 Å². The van der Waals surface area contributed by atoms with Crippen molar-refractivity contribution in [3.05, 3.63) is 29.8 Å². The van der Waals surface area contributed by atoms with Crippen LogP contribution in [0.1, 0.15) is 19.4 Å². The topological polar surface area (TPSA) is 65.3 Å². The molecule has 4 heteroatoms. The zero-order chi connectivity index (χ0) is 12.7. The zero-order valence-corrected chi connectivity index (χ0v) is 10.2. The van der Waals surface area contributed by atoms with Crippen LogP contribution in [-0.4, -0.2) is 23.9 Å². The lowest BCUT2D eigenvalue weighted by Gasteiger charge is -2.09. The maximum absolute atomic E-state index is 9.09. The quantitative estimate of drug-likeness (QED) is 0.782. The van der Waals surface area contributed by atoms with Crippen LogP contribution in [0.5, 0.6) is 5.75 Å². The first-order valence-electron chi connectivity index (χ1n) is 5.66. The molecule has 0 fully saturated rings. The molecule has 2 N–H and O–H groups in total. The third-order valence-electron chi connectivity index (χ3n) is 2.19. The van der Waals surface area contributed by atoms with Crippen molar-refractivity contribution >= 4 is 0 Å². The molecule has 1 aromatic rings. The highest BCUT2D eigenvalue weighted by molar-refractivity contribution is 5.27. The molecule has 0 aliphatic carbocycles. The number of benzene rings is 1. The van der Waals surface area contributed by atoms with E-state index in [0.29, 0.717) is 18.8 Å². The average molecular weight is 234 g/mol. The lowest BCUT2D eigenvalue weighted by atomic mass is 10.2. The molecule has 17 heavy (non-hydrogen) atoms. The normalized spacial score (nSPS) is 13.8. The molecule has 0 aliphatic rings. The Morgan fingerprint density at radius 1 is 1.35 bits per heavy atom. The molecule has 0 bridgehead atoms. The first kappa shape index (κ1) is 13.5. The van der Waals surface area contributed by atoms with E-state index in [4.69, 9.17) is 15.1 Å². The smallest absolute Gasteiger partial charge is 0.181 e. The molecule has 2 unspecified atom stereocenters. The molecule has 2 atom stereocenters. The molecule has 0 spiro atoms. The van der Waals surface area contributed by atoms with Gasteiger partial charge in [-0.1, -0.05) is 12.1 Å². The van der Waals surface area contributed by atoms with Gasteiger partial charge in [0.1, 0.15) is 11.8 Å². The Bertz CT molecular complexity index is 368. The molecule has 0 radical (unpaired) electrons. The first-order chi connectivity index (χ1) is 8.11. The second-order valence-electron chi connectivity index (χ2n) is 4.01. The van der Waals surface area contributed by atoms with E-state index in [-0.39, 0.29) is 6.10 Å². The van der Waals surface area contributed by atoms with Gasteiger partial charge in [0.15, 0.2) is 6.10 Å². The Morgan fingerprint density at radius 3 is 2.53 bits per heavy atom. The molecule has 0 aromatic heterocycles. The number of nitriles is 1. The van der Waals surface area contributed by atoms with E-state index >= 15 is 0 Å². The summed E-state index contributed by atoms with van der Waals surface area (Å²) >= 11 is 0. The number of rotatable bonds is 6. The van der Waals surface area contributed by atoms with Gasteiger partial charge in [0, 0.05) is 13.1 Å². The van der Waals surface area contributed by atoms with Crippen molar-refractivity contribution in [2.45, 2.75) is 32.6 Å². The van der Waals surface area contributed by atoms with Gasteiger partial charge in [-0.05, 0) is 31.5 Å². The number of hydrogen-bond donors (Lipinski definition) is 2. The molecule has 92 valence electrons. The Kier molecular flexibility index (Phi) is 5.47. The summed E-state index contributed by atoms with van der Waals surface area (Å²) in [5.74, 6) is 0.693. The number of aliphatic hydroxyl groups excluding tert-OH is 1. The Morgan fingerprint density at radius 2 is 2.00 bits per heavy atom. The molecular weight excluding hydrogens is 216 g/mol. The maximum Gasteiger partial charge on any atom is 0.181 e. The van der Waals surface area contributed by atoms with Crippen LogP contribution in [0.2, 0.25) is 0 Å². The zero-order valence-electron chi connectivity index (χ0n) is 10.2. The molecule has 0 saturated heterocycles. The molecule has 0 amide bonds. The molecule has 0 heterocycles. The maximum atomic E-state index is 9.09. The van der Waals surface area contributed by atoms with E-state index in [9.17, 15) is 0 Å². The van der Waals surface area contributed by atoms with Crippen molar-refractivity contribution in [2.75, 3.05) is 6.54 Å². The highest BCUT2D eigenvalue weighted by Crippen LogP contribution is 2.13. The van der Waals surface area contributed by atoms with Gasteiger partial charge >= 0.3 is 0 Å². The number of nitrogens with zero attached hydrogens (tertiary/aromatic N) is 1. The van der Waals surface area contributed by atoms with Gasteiger partial charge in [-0.2, -0.15) is 5.26 Å². The average Bonchev–Trinajstić information content (AvgIpc) is 2.31. The van der Waals surface area contributed by atoms with Gasteiger partial charge in [-0.15, -0.1) is 0 Å². The van der Waals surface area contributed by atoms with Gasteiger partial charge in [0.2, 0.25) is 0 Å². The Balaban J connectivity index is 2.42. The van der Waals surface area contributed by atoms with Crippen LogP contribution in [0.15, 0.2) is 24.3 Å². The number of nitrogens with one attached hydrogen (secondary N) is 1. The third-order valence-corrected chi connectivity index (χ3v) is 2.19. The fraction of sp³-hybridized carbons (Fsp3) is 0.462. The van der Waals surface area contributed by atoms with Gasteiger partial charge in [0.05, 0.1) is 6.10 Å². The second kappa shape index (κ2) is 6.89. The van der Waals surface area contributed by atoms with Crippen molar-refractivity contribution in [3.63, 3.8) is 0 Å². The Hall–Kier alpha value is -1.57. The minimum atomic E-state index is -0.436. The SMILES string of the molecule is CC(O)CNCc1ccc(OC(C)C#N)cc1. The van der Waals surface area contributed by atoms with E-state index in [2.05, 4.69) is 5.32 Å². The number of ether oxygens (including phenoxy) is 1. The first-order valence-corrected chi connectivity index (χ1v) is 5.66. The predicted molar refractivity (Wildman–Crippen MR) is 65.5 cm³/mol. The number of aliphatic hydroxyl groups is 1. The van der Waals surface area contributed by atoms with Crippen molar-refractivity contribution in [3.8, 4) is 11.8 Å². The summed E-state index contributed by atoms with van der Waals surface area (Å²) in [5.41, 5.74) is 1.11. The molecule has 0 aliphatic heterocycles. The van der Waals surface area contributed by atoms with E-state index in [1.165, 1.54) is 0 Å². The lowest BCUT2D eigenvalue weighted by molar-refractivity contribution is 0.191. The highest BCUT2D eigenvalue weighted by atomic mass is 16.5. The van der Waals surface area contributed by atoms with Crippen LogP contribution < -0.4 is 10.1 Å². The summed E-state index contributed by atoms with van der Waals surface area (Å²) < 4.78 is 5.34. The fourth-order valence-electron chi connectivity index (χ4n) is 1.34. The van der Waals surface area contributed by atoms with Gasteiger partial charge in [0.25, 0.3) is 0 Å². The van der Waals surface area contributed by atoms with E-state index in [1.807, 2.05) is 30.3 Å². The summed E-state index contributed by atoms with van der Waals surface area (Å²) in [6.07, 6.45) is -0.775. The van der Waals surface area contributed by atoms with Crippen molar-refractivity contribution in [1.29, 1.82) is 5.26 Å². The fourth-order valence-corrected chi connectivity index (χ4v) is 1.34. The molecule has 1 rings (SSSR count). The van der Waals surface area contributed by atoms with Gasteiger partial charge < -0.3 is 15.2 Å². The monoisotopic (exact) mass is 234 g/mol. The summed E-state index contributed by atoms with van der Waals surface area (Å²) in [4.78, 5) is 0. The predicted octanol–water partition coefficient (Wildman–Crippen LogP) is 1.45. The largest absolute Gasteiger partial charge is 0.476 e. The lowest BCUT2D eigenvalue weighted by Crippen LogP contribution is -2.23. The van der Waals surface area contributed by atoms with E-state index in [0.717, 1.165) is 5.56 Å². The molecular formula is C13H18N2O2. The molecule has 1 aromatic carbocycles. The van der Waals surface area contributed by atoms with Crippen LogP contribution in [0.3, 0.4) is 0 Å². The third kappa shape index (κ3) is 5.34.